The number of nitrogens with one attached hydrogen (secondary N) is 4. The fraction of sp³-hybridized carbons (Fsp3) is 0.448. The molecule has 4 N–H and O–H groups in total. The first-order chi connectivity index (χ1) is 41.3. The summed E-state index contributed by atoms with van der Waals surface area (Å²) in [5.74, 6) is 2.60. The van der Waals surface area contributed by atoms with E-state index in [0.717, 1.165) is 63.2 Å². The first-order valence-electron chi connectivity index (χ1n) is 30.6. The third-order valence-corrected chi connectivity index (χ3v) is 18.2. The Labute approximate surface area is 493 Å². The van der Waals surface area contributed by atoms with Gasteiger partial charge in [-0.15, -0.1) is 0 Å². The van der Waals surface area contributed by atoms with Crippen LogP contribution in [-0.2, 0) is 9.13 Å². The number of nitrogens with zero attached hydrogens (tertiary/aromatic N) is 10. The molecule has 22 heteroatoms. The largest absolute Gasteiger partial charge is 0.494 e. The maximum Gasteiger partial charge on any atom is 0.229 e. The van der Waals surface area contributed by atoms with Crippen LogP contribution < -0.4 is 51.1 Å². The van der Waals surface area contributed by atoms with E-state index in [-0.39, 0.29) is 38.3 Å². The minimum atomic E-state index is -2.54. The molecule has 2 aromatic heterocycles. The molecule has 6 heterocycles. The third kappa shape index (κ3) is 15.1. The van der Waals surface area contributed by atoms with E-state index < -0.39 is 40.3 Å². The molecular weight excluding hydrogens is 1090 g/mol. The summed E-state index contributed by atoms with van der Waals surface area (Å²) in [5.41, 5.74) is 4.68. The van der Waals surface area contributed by atoms with Gasteiger partial charge >= 0.3 is 0 Å². The second kappa shape index (κ2) is 26.5. The number of methoxy groups -OCH3 is 2. The Morgan fingerprint density at radius 1 is 0.525 bits per heavy atom. The van der Waals surface area contributed by atoms with E-state index in [1.165, 1.54) is 36.3 Å². The molecule has 4 aliphatic heterocycles. The lowest BCUT2D eigenvalue weighted by Gasteiger charge is -2.42. The minimum absolute atomic E-state index is 0.117. The summed E-state index contributed by atoms with van der Waals surface area (Å²) in [6, 6.07) is 26.7. The Balaban J connectivity index is 0.000000209. The topological polar surface area (TPSA) is 172 Å². The fourth-order valence-electron chi connectivity index (χ4n) is 10.1. The van der Waals surface area contributed by atoms with Crippen LogP contribution in [0, 0.1) is 0 Å². The molecule has 80 heavy (non-hydrogen) atoms. The molecule has 6 aromatic rings. The van der Waals surface area contributed by atoms with Crippen molar-refractivity contribution in [2.24, 2.45) is 0 Å². The molecule has 10 rings (SSSR count). The summed E-state index contributed by atoms with van der Waals surface area (Å²) >= 11 is 12.8. The smallest absolute Gasteiger partial charge is 0.229 e. The first-order valence-corrected chi connectivity index (χ1v) is 32.6. The Morgan fingerprint density at radius 2 is 0.887 bits per heavy atom. The van der Waals surface area contributed by atoms with E-state index >= 15 is 0 Å². The van der Waals surface area contributed by atoms with E-state index in [4.69, 9.17) is 43.6 Å². The molecule has 0 saturated carbocycles. The molecule has 0 unspecified atom stereocenters. The van der Waals surface area contributed by atoms with E-state index in [1.807, 2.05) is 94.7 Å². The second-order valence-electron chi connectivity index (χ2n) is 20.8. The summed E-state index contributed by atoms with van der Waals surface area (Å²) < 4.78 is 104. The summed E-state index contributed by atoms with van der Waals surface area (Å²) in [6.45, 7) is 3.79. The maximum atomic E-state index is 12.8. The van der Waals surface area contributed by atoms with Crippen molar-refractivity contribution >= 4 is 106 Å². The van der Waals surface area contributed by atoms with Crippen LogP contribution in [0.15, 0.2) is 97.3 Å². The van der Waals surface area contributed by atoms with Crippen molar-refractivity contribution < 1.29 is 29.6 Å². The van der Waals surface area contributed by atoms with Gasteiger partial charge in [-0.3, -0.25) is 9.80 Å². The number of hydrogen-bond acceptors (Lipinski definition) is 18. The van der Waals surface area contributed by atoms with Crippen molar-refractivity contribution in [2.45, 2.75) is 37.8 Å². The number of likely N-dealkylation sites (N-methyl/N-ethyl adjacent to an activating group) is 2. The highest BCUT2D eigenvalue weighted by atomic mass is 35.5. The average molecular weight is 1180 g/mol. The predicted octanol–water partition coefficient (Wildman–Crippen LogP) is 10.2. The van der Waals surface area contributed by atoms with Gasteiger partial charge < -0.3 is 59.5 Å². The molecule has 0 spiro atoms. The van der Waals surface area contributed by atoms with Crippen molar-refractivity contribution in [3.63, 3.8) is 0 Å². The highest BCUT2D eigenvalue weighted by Crippen LogP contribution is 2.41. The van der Waals surface area contributed by atoms with Gasteiger partial charge in [0.15, 0.2) is 11.6 Å². The molecule has 18 nitrogen and oxygen atoms in total. The summed E-state index contributed by atoms with van der Waals surface area (Å²) in [7, 11) is 1.14. The SMILES string of the molecule is [2H]C1([2H])CN(C2CCN(c3ccc(Nc4ncc(Cl)c(Nc5ccccc5P(C)(C)=O)n4)c(OC)c3)CC2)CC([2H])([2H])N1C.[2H]C1([2H])CN(C2CCN(c3ccc(Nc4ncc(Cl)c(Nc5ccccc5P(C)(C)=O)n4)c(OC)c3)CC2)CC([2H])([2H])N1C. The first kappa shape index (κ1) is 49.0. The number of piperazine rings is 2. The van der Waals surface area contributed by atoms with E-state index in [2.05, 4.69) is 51.0 Å². The normalized spacial score (nSPS) is 21.6. The predicted molar refractivity (Wildman–Crippen MR) is 333 cm³/mol. The van der Waals surface area contributed by atoms with Crippen molar-refractivity contribution in [2.75, 3.05) is 164 Å². The monoisotopic (exact) mass is 1170 g/mol. The van der Waals surface area contributed by atoms with Crippen LogP contribution >= 0.6 is 37.5 Å². The van der Waals surface area contributed by atoms with Gasteiger partial charge in [0.05, 0.1) is 49.4 Å². The van der Waals surface area contributed by atoms with Gasteiger partial charge in [0.25, 0.3) is 0 Å². The number of halogens is 2. The Bertz CT molecular complexity index is 3300. The van der Waals surface area contributed by atoms with Crippen LogP contribution in [0.4, 0.5) is 57.7 Å². The number of piperidine rings is 2. The third-order valence-electron chi connectivity index (χ3n) is 14.6. The number of ether oxygens (including phenoxy) is 2. The zero-order valence-corrected chi connectivity index (χ0v) is 49.9. The zero-order chi connectivity index (χ0) is 63.7. The molecule has 0 atom stereocenters. The van der Waals surface area contributed by atoms with Crippen LogP contribution in [-0.4, -0.2) is 185 Å². The number of aromatic nitrogens is 4. The van der Waals surface area contributed by atoms with Crippen molar-refractivity contribution in [3.05, 3.63) is 107 Å². The summed E-state index contributed by atoms with van der Waals surface area (Å²) in [5, 5.41) is 14.9. The van der Waals surface area contributed by atoms with Gasteiger partial charge in [-0.2, -0.15) is 9.97 Å². The average Bonchev–Trinajstić information content (AvgIpc) is 1.05. The van der Waals surface area contributed by atoms with Crippen LogP contribution in [0.2, 0.25) is 10.0 Å². The quantitative estimate of drug-likeness (QED) is 0.0674. The zero-order valence-electron chi connectivity index (χ0n) is 54.6. The molecule has 0 bridgehead atoms. The minimum Gasteiger partial charge on any atom is -0.494 e. The van der Waals surface area contributed by atoms with Crippen molar-refractivity contribution in [1.82, 2.24) is 39.5 Å². The second-order valence-corrected chi connectivity index (χ2v) is 28.0. The molecule has 0 amide bonds. The van der Waals surface area contributed by atoms with Gasteiger partial charge in [-0.05, 0) is 115 Å². The number of hydrogen-bond donors (Lipinski definition) is 4. The Morgan fingerprint density at radius 3 is 1.24 bits per heavy atom. The highest BCUT2D eigenvalue weighted by Gasteiger charge is 2.29. The molecule has 4 aromatic carbocycles. The maximum absolute atomic E-state index is 12.8. The van der Waals surface area contributed by atoms with E-state index in [0.29, 0.717) is 78.4 Å². The molecular formula is C58H78Cl2N14O4P2. The molecule has 0 radical (unpaired) electrons. The Hall–Kier alpha value is -5.68. The van der Waals surface area contributed by atoms with Gasteiger partial charge in [0.1, 0.15) is 35.8 Å². The number of anilines is 10. The van der Waals surface area contributed by atoms with Crippen molar-refractivity contribution in [3.8, 4) is 11.5 Å². The fourth-order valence-corrected chi connectivity index (χ4v) is 12.7. The van der Waals surface area contributed by atoms with E-state index in [9.17, 15) is 9.13 Å². The highest BCUT2D eigenvalue weighted by molar-refractivity contribution is 7.70. The number of rotatable bonds is 16. The number of benzene rings is 4. The van der Waals surface area contributed by atoms with Gasteiger partial charge in [0, 0.05) is 136 Å². The van der Waals surface area contributed by atoms with Gasteiger partial charge in [0.2, 0.25) is 11.9 Å². The lowest BCUT2D eigenvalue weighted by Crippen LogP contribution is -2.52. The van der Waals surface area contributed by atoms with Crippen molar-refractivity contribution in [1.29, 1.82) is 0 Å². The van der Waals surface area contributed by atoms with Gasteiger partial charge in [-0.1, -0.05) is 47.5 Å². The van der Waals surface area contributed by atoms with Gasteiger partial charge in [-0.25, -0.2) is 9.97 Å². The standard InChI is InChI=1S/2C29H39ClN7O2P/c2*1-35-15-17-37(18-16-35)21-11-13-36(14-12-21)22-9-10-24(26(19-22)39-2)33-29-31-20-23(30)28(34-29)32-25-7-5-6-8-27(25)40(3,4)38/h2*5-10,19-21H,11-18H2,1-4H3,(H2,31,32,33,34)/i2*15D2,16D2. The molecule has 4 aliphatic rings. The van der Waals surface area contributed by atoms with E-state index in [1.54, 1.807) is 40.9 Å². The molecule has 4 saturated heterocycles. The lowest BCUT2D eigenvalue weighted by atomic mass is 10.0. The van der Waals surface area contributed by atoms with Crippen LogP contribution in [0.1, 0.15) is 36.6 Å². The van der Waals surface area contributed by atoms with Crippen LogP contribution in [0.3, 0.4) is 0 Å². The molecule has 0 aliphatic carbocycles. The molecule has 428 valence electrons. The van der Waals surface area contributed by atoms with Crippen LogP contribution in [0.25, 0.3) is 0 Å². The number of para-hydroxylation sites is 2. The molecule has 4 fully saturated rings. The Kier molecular flexibility index (Phi) is 16.2. The van der Waals surface area contributed by atoms with Crippen LogP contribution in [0.5, 0.6) is 11.5 Å². The summed E-state index contributed by atoms with van der Waals surface area (Å²) in [6.07, 6.45) is 6.23. The summed E-state index contributed by atoms with van der Waals surface area (Å²) in [4.78, 5) is 28.7. The lowest BCUT2D eigenvalue weighted by molar-refractivity contribution is 0.0982.